The number of nitrogens with two attached hydrogens (primary N) is 1. The monoisotopic (exact) mass is 654 g/mol. The number of benzene rings is 2. The first kappa shape index (κ1) is 37.0. The van der Waals surface area contributed by atoms with Crippen LogP contribution in [0.3, 0.4) is 0 Å². The van der Waals surface area contributed by atoms with E-state index in [1.165, 1.54) is 18.9 Å². The number of carbonyl (C=O) groups excluding carboxylic acids is 4. The number of ether oxygens (including phenoxy) is 1. The maximum atomic E-state index is 14.9. The van der Waals surface area contributed by atoms with Crippen LogP contribution in [-0.4, -0.2) is 71.0 Å². The summed E-state index contributed by atoms with van der Waals surface area (Å²) in [4.78, 5) is 51.4. The molecule has 4 N–H and O–H groups in total. The molecule has 10 nitrogen and oxygen atoms in total. The van der Waals surface area contributed by atoms with Crippen LogP contribution in [0.4, 0.5) is 8.78 Å². The molecular formula is C35H44F2N4O6. The molecule has 0 radical (unpaired) electrons. The van der Waals surface area contributed by atoms with E-state index in [4.69, 9.17) is 5.73 Å². The fraction of sp³-hybridized carbons (Fsp3) is 0.429. The van der Waals surface area contributed by atoms with Crippen LogP contribution < -0.4 is 11.1 Å². The van der Waals surface area contributed by atoms with Gasteiger partial charge in [-0.2, -0.15) is 0 Å². The Balaban J connectivity index is 1.92. The molecule has 3 unspecified atom stereocenters. The Labute approximate surface area is 273 Å². The molecule has 2 amide bonds. The maximum Gasteiger partial charge on any atom is 0.308 e. The Morgan fingerprint density at radius 1 is 1.06 bits per heavy atom. The minimum atomic E-state index is -1.06. The lowest BCUT2D eigenvalue weighted by Gasteiger charge is -2.41. The normalized spacial score (nSPS) is 13.4. The van der Waals surface area contributed by atoms with Gasteiger partial charge in [0.25, 0.3) is 0 Å². The number of Topliss-reactive ketones (excluding diaryl/α,β-unsaturated/α-hetero) is 1. The third kappa shape index (κ3) is 10.0. The van der Waals surface area contributed by atoms with Crippen LogP contribution in [0.5, 0.6) is 0 Å². The van der Waals surface area contributed by atoms with Crippen LogP contribution in [-0.2, 0) is 30.5 Å². The summed E-state index contributed by atoms with van der Waals surface area (Å²) >= 11 is 0. The van der Waals surface area contributed by atoms with Crippen molar-refractivity contribution in [3.8, 4) is 11.1 Å². The summed E-state index contributed by atoms with van der Waals surface area (Å²) in [5.74, 6) is -4.05. The molecule has 2 aromatic carbocycles. The van der Waals surface area contributed by atoms with Gasteiger partial charge in [0.1, 0.15) is 18.2 Å². The van der Waals surface area contributed by atoms with Crippen molar-refractivity contribution in [3.05, 3.63) is 83.7 Å². The van der Waals surface area contributed by atoms with E-state index in [9.17, 15) is 33.1 Å². The second-order valence-corrected chi connectivity index (χ2v) is 12.7. The fourth-order valence-electron chi connectivity index (χ4n) is 5.49. The largest absolute Gasteiger partial charge is 0.469 e. The molecule has 3 aromatic rings. The van der Waals surface area contributed by atoms with Gasteiger partial charge >= 0.3 is 5.97 Å². The van der Waals surface area contributed by atoms with E-state index < -0.39 is 65.2 Å². The molecule has 0 fully saturated rings. The number of aromatic nitrogens is 1. The van der Waals surface area contributed by atoms with Crippen molar-refractivity contribution in [2.75, 3.05) is 26.8 Å². The van der Waals surface area contributed by atoms with Gasteiger partial charge in [0.15, 0.2) is 5.78 Å². The summed E-state index contributed by atoms with van der Waals surface area (Å²) < 4.78 is 35.7. The average Bonchev–Trinajstić information content (AvgIpc) is 3.43. The quantitative estimate of drug-likeness (QED) is 0.210. The second kappa shape index (κ2) is 16.4. The molecule has 0 aliphatic rings. The van der Waals surface area contributed by atoms with E-state index in [2.05, 4.69) is 10.1 Å². The number of aliphatic hydroxyl groups is 1. The van der Waals surface area contributed by atoms with Gasteiger partial charge in [-0.25, -0.2) is 8.78 Å². The van der Waals surface area contributed by atoms with Crippen molar-refractivity contribution < 1.29 is 37.8 Å². The average molecular weight is 655 g/mol. The first-order valence-electron chi connectivity index (χ1n) is 15.4. The van der Waals surface area contributed by atoms with Gasteiger partial charge in [-0.15, -0.1) is 0 Å². The lowest BCUT2D eigenvalue weighted by molar-refractivity contribution is -0.146. The number of esters is 1. The molecule has 0 spiro atoms. The molecule has 0 saturated carbocycles. The third-order valence-corrected chi connectivity index (χ3v) is 7.88. The number of ketones is 1. The molecule has 0 aliphatic heterocycles. The van der Waals surface area contributed by atoms with E-state index in [0.717, 1.165) is 23.8 Å². The summed E-state index contributed by atoms with van der Waals surface area (Å²) in [5.41, 5.74) is 7.55. The molecule has 3 atom stereocenters. The van der Waals surface area contributed by atoms with E-state index >= 15 is 0 Å². The molecule has 0 bridgehead atoms. The number of carbonyl (C=O) groups is 4. The van der Waals surface area contributed by atoms with Gasteiger partial charge in [0.2, 0.25) is 11.8 Å². The predicted molar refractivity (Wildman–Crippen MR) is 173 cm³/mol. The van der Waals surface area contributed by atoms with Crippen LogP contribution in [0.25, 0.3) is 11.1 Å². The zero-order chi connectivity index (χ0) is 34.9. The minimum absolute atomic E-state index is 0.0103. The van der Waals surface area contributed by atoms with Crippen LogP contribution in [0.1, 0.15) is 57.8 Å². The zero-order valence-electron chi connectivity index (χ0n) is 27.5. The maximum absolute atomic E-state index is 14.9. The Morgan fingerprint density at radius 3 is 2.36 bits per heavy atom. The Hall–Kier alpha value is -4.42. The molecule has 0 aliphatic carbocycles. The SMILES string of the molecule is COC(=O)C(C)CC(=O)NCC(=O)C(N)CCN(C(=O)CO)C(c1cc(-c2cc(F)ccc2F)cn1Cc1ccccc1)C(C)(C)C. The first-order valence-corrected chi connectivity index (χ1v) is 15.4. The van der Waals surface area contributed by atoms with E-state index in [-0.39, 0.29) is 31.5 Å². The number of halogens is 2. The highest BCUT2D eigenvalue weighted by atomic mass is 19.1. The number of hydrogen-bond donors (Lipinski definition) is 3. The topological polar surface area (TPSA) is 144 Å². The molecule has 12 heteroatoms. The highest BCUT2D eigenvalue weighted by Crippen LogP contribution is 2.41. The van der Waals surface area contributed by atoms with E-state index in [1.807, 2.05) is 55.7 Å². The number of amides is 2. The van der Waals surface area contributed by atoms with Gasteiger partial charge in [0, 0.05) is 42.5 Å². The van der Waals surface area contributed by atoms with Crippen LogP contribution >= 0.6 is 0 Å². The smallest absolute Gasteiger partial charge is 0.308 e. The predicted octanol–water partition coefficient (Wildman–Crippen LogP) is 3.99. The van der Waals surface area contributed by atoms with Crippen molar-refractivity contribution in [1.29, 1.82) is 0 Å². The lowest BCUT2D eigenvalue weighted by atomic mass is 9.82. The number of rotatable bonds is 15. The second-order valence-electron chi connectivity index (χ2n) is 12.7. The molecule has 0 saturated heterocycles. The fourth-order valence-corrected chi connectivity index (χ4v) is 5.49. The zero-order valence-corrected chi connectivity index (χ0v) is 27.5. The Bertz CT molecular complexity index is 1550. The number of nitrogens with one attached hydrogen (secondary N) is 1. The highest BCUT2D eigenvalue weighted by Gasteiger charge is 2.37. The number of aliphatic hydroxyl groups excluding tert-OH is 1. The van der Waals surface area contributed by atoms with Crippen molar-refractivity contribution in [3.63, 3.8) is 0 Å². The van der Waals surface area contributed by atoms with Gasteiger partial charge in [-0.1, -0.05) is 58.0 Å². The number of nitrogens with zero attached hydrogens (tertiary/aromatic N) is 2. The first-order chi connectivity index (χ1) is 22.2. The molecule has 47 heavy (non-hydrogen) atoms. The molecule has 3 rings (SSSR count). The summed E-state index contributed by atoms with van der Waals surface area (Å²) in [6.45, 7) is 6.41. The van der Waals surface area contributed by atoms with Gasteiger partial charge in [0.05, 0.1) is 31.7 Å². The van der Waals surface area contributed by atoms with Crippen molar-refractivity contribution in [2.24, 2.45) is 17.1 Å². The van der Waals surface area contributed by atoms with Crippen LogP contribution in [0, 0.1) is 23.0 Å². The summed E-state index contributed by atoms with van der Waals surface area (Å²) in [6, 6.07) is 12.7. The van der Waals surface area contributed by atoms with Crippen molar-refractivity contribution >= 4 is 23.6 Å². The van der Waals surface area contributed by atoms with E-state index in [1.54, 1.807) is 12.3 Å². The summed E-state index contributed by atoms with van der Waals surface area (Å²) in [6.07, 6.45) is 1.56. The summed E-state index contributed by atoms with van der Waals surface area (Å²) in [7, 11) is 1.22. The Morgan fingerprint density at radius 2 is 1.74 bits per heavy atom. The number of methoxy groups -OCH3 is 1. The Kier molecular flexibility index (Phi) is 12.9. The number of hydrogen-bond acceptors (Lipinski definition) is 7. The molecule has 254 valence electrons. The molecular weight excluding hydrogens is 610 g/mol. The third-order valence-electron chi connectivity index (χ3n) is 7.88. The molecule has 1 heterocycles. The van der Waals surface area contributed by atoms with Crippen LogP contribution in [0.15, 0.2) is 60.8 Å². The minimum Gasteiger partial charge on any atom is -0.469 e. The van der Waals surface area contributed by atoms with Gasteiger partial charge in [-0.05, 0) is 41.7 Å². The highest BCUT2D eigenvalue weighted by molar-refractivity contribution is 5.90. The van der Waals surface area contributed by atoms with Crippen molar-refractivity contribution in [1.82, 2.24) is 14.8 Å². The van der Waals surface area contributed by atoms with E-state index in [0.29, 0.717) is 17.8 Å². The van der Waals surface area contributed by atoms with Crippen LogP contribution in [0.2, 0.25) is 0 Å². The van der Waals surface area contributed by atoms with Gasteiger partial charge < -0.3 is 30.4 Å². The standard InChI is InChI=1S/C35H44F2N4O6/c1-22(34(46)47-5)15-31(44)39-18-30(43)28(38)13-14-41(32(45)21-42)33(35(2,3)4)29-16-24(26-17-25(36)11-12-27(26)37)20-40(29)19-23-9-7-6-8-10-23/h6-12,16-17,20,22,28,33,42H,13-15,18-19,21,38H2,1-5H3,(H,39,44). The van der Waals surface area contributed by atoms with Crippen molar-refractivity contribution in [2.45, 2.75) is 59.2 Å². The summed E-state index contributed by atoms with van der Waals surface area (Å²) in [5, 5.41) is 12.5. The van der Waals surface area contributed by atoms with Gasteiger partial charge in [-0.3, -0.25) is 19.2 Å². The molecule has 1 aromatic heterocycles. The lowest BCUT2D eigenvalue weighted by Crippen LogP contribution is -2.47.